The standard InChI is InChI=1S/C12H23N3O2S/c1-4-12(5-2)9-18-11(15-12)14-8-10(16)13-6-7-17-3/h4-9H2,1-3H3,(H,13,16)(H,14,15). The lowest BCUT2D eigenvalue weighted by Gasteiger charge is -2.25. The first-order chi connectivity index (χ1) is 8.65. The Balaban J connectivity index is 2.34. The number of thioether (sulfide) groups is 1. The molecule has 0 atom stereocenters. The summed E-state index contributed by atoms with van der Waals surface area (Å²) in [7, 11) is 1.61. The molecule has 1 saturated heterocycles. The predicted molar refractivity (Wildman–Crippen MR) is 76.1 cm³/mol. The van der Waals surface area contributed by atoms with Gasteiger partial charge in [-0.3, -0.25) is 9.79 Å². The first-order valence-corrected chi connectivity index (χ1v) is 7.35. The Labute approximate surface area is 113 Å². The number of carbonyl (C=O) groups is 1. The average Bonchev–Trinajstić information content (AvgIpc) is 2.81. The molecule has 1 aliphatic rings. The molecule has 1 rings (SSSR count). The molecule has 6 heteroatoms. The van der Waals surface area contributed by atoms with E-state index in [-0.39, 0.29) is 18.0 Å². The van der Waals surface area contributed by atoms with Crippen molar-refractivity contribution in [2.75, 3.05) is 32.6 Å². The van der Waals surface area contributed by atoms with Crippen LogP contribution in [0.3, 0.4) is 0 Å². The third-order valence-electron chi connectivity index (χ3n) is 3.21. The van der Waals surface area contributed by atoms with Crippen LogP contribution in [0, 0.1) is 0 Å². The van der Waals surface area contributed by atoms with Crippen LogP contribution in [0.5, 0.6) is 0 Å². The summed E-state index contributed by atoms with van der Waals surface area (Å²) in [6.45, 7) is 5.61. The fraction of sp³-hybridized carbons (Fsp3) is 0.833. The molecule has 1 amide bonds. The van der Waals surface area contributed by atoms with E-state index >= 15 is 0 Å². The molecule has 18 heavy (non-hydrogen) atoms. The largest absolute Gasteiger partial charge is 0.383 e. The second-order valence-electron chi connectivity index (χ2n) is 4.37. The van der Waals surface area contributed by atoms with Crippen molar-refractivity contribution in [2.45, 2.75) is 32.2 Å². The topological polar surface area (TPSA) is 62.7 Å². The van der Waals surface area contributed by atoms with Crippen molar-refractivity contribution in [1.82, 2.24) is 10.6 Å². The molecule has 0 saturated carbocycles. The number of nitrogens with zero attached hydrogens (tertiary/aromatic N) is 1. The molecule has 0 aromatic heterocycles. The minimum absolute atomic E-state index is 0.0625. The van der Waals surface area contributed by atoms with Gasteiger partial charge >= 0.3 is 0 Å². The van der Waals surface area contributed by atoms with Crippen LogP contribution in [-0.4, -0.2) is 49.2 Å². The van der Waals surface area contributed by atoms with Crippen molar-refractivity contribution in [1.29, 1.82) is 0 Å². The fourth-order valence-corrected chi connectivity index (χ4v) is 3.05. The summed E-state index contributed by atoms with van der Waals surface area (Å²) < 4.78 is 4.86. The molecule has 0 radical (unpaired) electrons. The zero-order valence-electron chi connectivity index (χ0n) is 11.4. The highest BCUT2D eigenvalue weighted by Gasteiger charge is 2.33. The summed E-state index contributed by atoms with van der Waals surface area (Å²) >= 11 is 1.70. The van der Waals surface area contributed by atoms with E-state index in [1.165, 1.54) is 0 Å². The highest BCUT2D eigenvalue weighted by atomic mass is 32.2. The molecule has 0 aromatic carbocycles. The van der Waals surface area contributed by atoms with Gasteiger partial charge in [0.2, 0.25) is 5.91 Å². The van der Waals surface area contributed by atoms with Crippen molar-refractivity contribution in [3.8, 4) is 0 Å². The van der Waals surface area contributed by atoms with Crippen molar-refractivity contribution >= 4 is 22.8 Å². The van der Waals surface area contributed by atoms with E-state index in [1.54, 1.807) is 18.9 Å². The van der Waals surface area contributed by atoms with E-state index in [0.29, 0.717) is 13.2 Å². The molecular weight excluding hydrogens is 250 g/mol. The van der Waals surface area contributed by atoms with Gasteiger partial charge in [0.15, 0.2) is 5.17 Å². The van der Waals surface area contributed by atoms with Gasteiger partial charge in [-0.15, -0.1) is 0 Å². The van der Waals surface area contributed by atoms with Crippen LogP contribution in [0.1, 0.15) is 26.7 Å². The van der Waals surface area contributed by atoms with Crippen molar-refractivity contribution in [2.24, 2.45) is 4.99 Å². The maximum Gasteiger partial charge on any atom is 0.241 e. The van der Waals surface area contributed by atoms with Gasteiger partial charge in [-0.2, -0.15) is 0 Å². The molecule has 0 unspecified atom stereocenters. The third kappa shape index (κ3) is 4.49. The van der Waals surface area contributed by atoms with Gasteiger partial charge in [0.1, 0.15) is 6.54 Å². The summed E-state index contributed by atoms with van der Waals surface area (Å²) in [6.07, 6.45) is 2.16. The third-order valence-corrected chi connectivity index (χ3v) is 4.41. The first kappa shape index (κ1) is 15.3. The molecule has 1 heterocycles. The summed E-state index contributed by atoms with van der Waals surface area (Å²) in [4.78, 5) is 15.8. The van der Waals surface area contributed by atoms with Crippen LogP contribution in [0.2, 0.25) is 0 Å². The number of aliphatic imine (C=N–C) groups is 1. The quantitative estimate of drug-likeness (QED) is 0.679. The van der Waals surface area contributed by atoms with Gasteiger partial charge in [0.25, 0.3) is 0 Å². The van der Waals surface area contributed by atoms with Crippen LogP contribution in [0.25, 0.3) is 0 Å². The van der Waals surface area contributed by atoms with Gasteiger partial charge in [-0.1, -0.05) is 25.6 Å². The molecular formula is C12H23N3O2S. The molecule has 5 nitrogen and oxygen atoms in total. The zero-order valence-corrected chi connectivity index (χ0v) is 12.2. The minimum atomic E-state index is -0.0625. The SMILES string of the molecule is CCC1(CC)CSC(=NCC(=O)NCCOC)N1. The Morgan fingerprint density at radius 1 is 1.56 bits per heavy atom. The normalized spacial score (nSPS) is 19.8. The minimum Gasteiger partial charge on any atom is -0.383 e. The Kier molecular flexibility index (Phi) is 6.49. The number of amides is 1. The van der Waals surface area contributed by atoms with Gasteiger partial charge in [0, 0.05) is 24.9 Å². The molecule has 0 aromatic rings. The van der Waals surface area contributed by atoms with E-state index in [1.807, 2.05) is 0 Å². The Morgan fingerprint density at radius 3 is 2.83 bits per heavy atom. The molecule has 104 valence electrons. The monoisotopic (exact) mass is 273 g/mol. The van der Waals surface area contributed by atoms with Gasteiger partial charge in [-0.05, 0) is 12.8 Å². The molecule has 2 N–H and O–H groups in total. The van der Waals surface area contributed by atoms with Gasteiger partial charge in [0.05, 0.1) is 6.61 Å². The predicted octanol–water partition coefficient (Wildman–Crippen LogP) is 1.00. The molecule has 1 aliphatic heterocycles. The highest BCUT2D eigenvalue weighted by molar-refractivity contribution is 8.14. The number of rotatable bonds is 7. The van der Waals surface area contributed by atoms with Crippen LogP contribution in [-0.2, 0) is 9.53 Å². The maximum atomic E-state index is 11.5. The Bertz CT molecular complexity index is 304. The van der Waals surface area contributed by atoms with Crippen molar-refractivity contribution in [3.05, 3.63) is 0 Å². The fourth-order valence-electron chi connectivity index (χ4n) is 1.71. The lowest BCUT2D eigenvalue weighted by Crippen LogP contribution is -2.42. The van der Waals surface area contributed by atoms with E-state index in [9.17, 15) is 4.79 Å². The number of amidine groups is 1. The summed E-state index contributed by atoms with van der Waals surface area (Å²) in [5.41, 5.74) is 0.163. The van der Waals surface area contributed by atoms with E-state index in [0.717, 1.165) is 23.8 Å². The van der Waals surface area contributed by atoms with E-state index < -0.39 is 0 Å². The molecule has 0 bridgehead atoms. The number of carbonyl (C=O) groups excluding carboxylic acids is 1. The zero-order chi connectivity index (χ0) is 13.4. The summed E-state index contributed by atoms with van der Waals surface area (Å²) in [5.74, 6) is 0.969. The van der Waals surface area contributed by atoms with Gasteiger partial charge in [-0.25, -0.2) is 0 Å². The number of hydrogen-bond donors (Lipinski definition) is 2. The number of methoxy groups -OCH3 is 1. The Morgan fingerprint density at radius 2 is 2.28 bits per heavy atom. The lowest BCUT2D eigenvalue weighted by atomic mass is 9.96. The van der Waals surface area contributed by atoms with Crippen molar-refractivity contribution in [3.63, 3.8) is 0 Å². The van der Waals surface area contributed by atoms with E-state index in [4.69, 9.17) is 4.74 Å². The summed E-state index contributed by atoms with van der Waals surface area (Å²) in [5, 5.41) is 7.07. The number of ether oxygens (including phenoxy) is 1. The summed E-state index contributed by atoms with van der Waals surface area (Å²) in [6, 6.07) is 0. The molecule has 0 aliphatic carbocycles. The van der Waals surface area contributed by atoms with Crippen molar-refractivity contribution < 1.29 is 9.53 Å². The first-order valence-electron chi connectivity index (χ1n) is 6.37. The number of hydrogen-bond acceptors (Lipinski definition) is 4. The van der Waals surface area contributed by atoms with Crippen LogP contribution in [0.15, 0.2) is 4.99 Å². The molecule has 0 spiro atoms. The second kappa shape index (κ2) is 7.63. The van der Waals surface area contributed by atoms with E-state index in [2.05, 4.69) is 29.5 Å². The second-order valence-corrected chi connectivity index (χ2v) is 5.33. The highest BCUT2D eigenvalue weighted by Crippen LogP contribution is 2.28. The number of nitrogens with one attached hydrogen (secondary N) is 2. The van der Waals surface area contributed by atoms with Crippen LogP contribution >= 0.6 is 11.8 Å². The van der Waals surface area contributed by atoms with Crippen LogP contribution in [0.4, 0.5) is 0 Å². The van der Waals surface area contributed by atoms with Crippen LogP contribution < -0.4 is 10.6 Å². The maximum absolute atomic E-state index is 11.5. The van der Waals surface area contributed by atoms with Gasteiger partial charge < -0.3 is 15.4 Å². The molecule has 1 fully saturated rings. The average molecular weight is 273 g/mol. The lowest BCUT2D eigenvalue weighted by molar-refractivity contribution is -0.119. The Hall–Kier alpha value is -0.750. The smallest absolute Gasteiger partial charge is 0.241 e.